The minimum absolute atomic E-state index is 0.0210. The number of fused-ring (bicyclic) bond motifs is 1. The highest BCUT2D eigenvalue weighted by Gasteiger charge is 2.19. The Bertz CT molecular complexity index is 1450. The lowest BCUT2D eigenvalue weighted by molar-refractivity contribution is -0.0508. The SMILES string of the molecule is Cc1ccc(OC(F)F)c(Cn2c3cc(-c4cnc(N5CCNC(C)C5)nc4)ccc3c(=O)n2C)n1. The Morgan fingerprint density at radius 1 is 1.17 bits per heavy atom. The molecule has 1 fully saturated rings. The fourth-order valence-corrected chi connectivity index (χ4v) is 4.55. The van der Waals surface area contributed by atoms with E-state index in [-0.39, 0.29) is 17.9 Å². The second-order valence-electron chi connectivity index (χ2n) is 8.97. The lowest BCUT2D eigenvalue weighted by Crippen LogP contribution is -2.49. The van der Waals surface area contributed by atoms with Gasteiger partial charge < -0.3 is 15.0 Å². The van der Waals surface area contributed by atoms with Crippen molar-refractivity contribution in [3.63, 3.8) is 0 Å². The molecule has 11 heteroatoms. The maximum Gasteiger partial charge on any atom is 0.387 e. The van der Waals surface area contributed by atoms with E-state index in [2.05, 4.69) is 36.8 Å². The van der Waals surface area contributed by atoms with Crippen LogP contribution in [-0.4, -0.2) is 56.6 Å². The summed E-state index contributed by atoms with van der Waals surface area (Å²) in [6.07, 6.45) is 3.55. The zero-order chi connectivity index (χ0) is 25.4. The van der Waals surface area contributed by atoms with Crippen LogP contribution < -0.4 is 20.5 Å². The molecule has 36 heavy (non-hydrogen) atoms. The van der Waals surface area contributed by atoms with Crippen molar-refractivity contribution in [2.45, 2.75) is 33.0 Å². The van der Waals surface area contributed by atoms with Crippen LogP contribution in [0.25, 0.3) is 22.0 Å². The Morgan fingerprint density at radius 3 is 2.67 bits per heavy atom. The smallest absolute Gasteiger partial charge is 0.387 e. The van der Waals surface area contributed by atoms with Gasteiger partial charge in [0.2, 0.25) is 5.95 Å². The van der Waals surface area contributed by atoms with Gasteiger partial charge in [0.25, 0.3) is 5.56 Å². The van der Waals surface area contributed by atoms with Gasteiger partial charge in [-0.3, -0.25) is 19.1 Å². The summed E-state index contributed by atoms with van der Waals surface area (Å²) in [5, 5.41) is 3.92. The van der Waals surface area contributed by atoms with E-state index < -0.39 is 6.61 Å². The largest absolute Gasteiger partial charge is 0.433 e. The monoisotopic (exact) mass is 495 g/mol. The third-order valence-electron chi connectivity index (χ3n) is 6.37. The maximum atomic E-state index is 13.0. The van der Waals surface area contributed by atoms with Crippen LogP contribution in [0.4, 0.5) is 14.7 Å². The predicted octanol–water partition coefficient (Wildman–Crippen LogP) is 2.95. The summed E-state index contributed by atoms with van der Waals surface area (Å²) in [4.78, 5) is 28.6. The fourth-order valence-electron chi connectivity index (χ4n) is 4.55. The van der Waals surface area contributed by atoms with Gasteiger partial charge in [-0.05, 0) is 43.7 Å². The van der Waals surface area contributed by atoms with Gasteiger partial charge in [0.15, 0.2) is 0 Å². The van der Waals surface area contributed by atoms with Crippen molar-refractivity contribution in [3.05, 3.63) is 64.5 Å². The number of benzene rings is 1. The van der Waals surface area contributed by atoms with Gasteiger partial charge in [-0.2, -0.15) is 8.78 Å². The van der Waals surface area contributed by atoms with Crippen LogP contribution in [0, 0.1) is 6.92 Å². The van der Waals surface area contributed by atoms with Crippen LogP contribution in [0.15, 0.2) is 47.5 Å². The summed E-state index contributed by atoms with van der Waals surface area (Å²) in [5.41, 5.74) is 3.06. The van der Waals surface area contributed by atoms with Gasteiger partial charge in [0, 0.05) is 56.4 Å². The van der Waals surface area contributed by atoms with Crippen LogP contribution in [0.5, 0.6) is 5.75 Å². The number of halogens is 2. The van der Waals surface area contributed by atoms with Crippen LogP contribution in [-0.2, 0) is 13.6 Å². The molecule has 4 aromatic rings. The summed E-state index contributed by atoms with van der Waals surface area (Å²) in [6.45, 7) is 3.57. The third kappa shape index (κ3) is 4.66. The Morgan fingerprint density at radius 2 is 1.94 bits per heavy atom. The summed E-state index contributed by atoms with van der Waals surface area (Å²) in [7, 11) is 1.64. The van der Waals surface area contributed by atoms with E-state index in [1.165, 1.54) is 10.7 Å². The zero-order valence-corrected chi connectivity index (χ0v) is 20.3. The van der Waals surface area contributed by atoms with Crippen molar-refractivity contribution in [2.24, 2.45) is 7.05 Å². The number of rotatable bonds is 6. The molecule has 1 N–H and O–H groups in total. The Kier molecular flexibility index (Phi) is 6.40. The van der Waals surface area contributed by atoms with E-state index >= 15 is 0 Å². The van der Waals surface area contributed by atoms with Gasteiger partial charge in [-0.25, -0.2) is 9.97 Å². The summed E-state index contributed by atoms with van der Waals surface area (Å²) >= 11 is 0. The molecule has 3 aromatic heterocycles. The molecule has 0 bridgehead atoms. The van der Waals surface area contributed by atoms with E-state index in [0.29, 0.717) is 34.3 Å². The van der Waals surface area contributed by atoms with Crippen LogP contribution in [0.2, 0.25) is 0 Å². The van der Waals surface area contributed by atoms with Crippen LogP contribution in [0.3, 0.4) is 0 Å². The molecule has 1 atom stereocenters. The van der Waals surface area contributed by atoms with E-state index in [1.54, 1.807) is 43.2 Å². The summed E-state index contributed by atoms with van der Waals surface area (Å²) in [6, 6.07) is 8.94. The standard InChI is InChI=1S/C25H27F2N7O2/c1-15-4-7-22(36-24(26)27)20(31-15)14-34-21-10-17(5-6-19(21)23(35)32(34)3)18-11-29-25(30-12-18)33-9-8-28-16(2)13-33/h4-7,10-12,16,24,28H,8-9,13-14H2,1-3H3. The zero-order valence-electron chi connectivity index (χ0n) is 20.3. The number of ether oxygens (including phenoxy) is 1. The number of aromatic nitrogens is 5. The molecule has 0 aliphatic carbocycles. The normalized spacial score (nSPS) is 16.2. The highest BCUT2D eigenvalue weighted by molar-refractivity contribution is 5.84. The third-order valence-corrected chi connectivity index (χ3v) is 6.37. The quantitative estimate of drug-likeness (QED) is 0.440. The Hall–Kier alpha value is -3.86. The molecular weight excluding hydrogens is 468 g/mol. The highest BCUT2D eigenvalue weighted by Crippen LogP contribution is 2.26. The van der Waals surface area contributed by atoms with Crippen LogP contribution >= 0.6 is 0 Å². The fraction of sp³-hybridized carbons (Fsp3) is 0.360. The van der Waals surface area contributed by atoms with Gasteiger partial charge in [0.1, 0.15) is 11.4 Å². The summed E-state index contributed by atoms with van der Waals surface area (Å²) < 4.78 is 33.7. The number of hydrogen-bond donors (Lipinski definition) is 1. The lowest BCUT2D eigenvalue weighted by atomic mass is 10.1. The number of anilines is 1. The molecule has 0 spiro atoms. The van der Waals surface area contributed by atoms with Gasteiger partial charge >= 0.3 is 6.61 Å². The lowest BCUT2D eigenvalue weighted by Gasteiger charge is -2.31. The number of nitrogens with zero attached hydrogens (tertiary/aromatic N) is 6. The first-order chi connectivity index (χ1) is 17.3. The minimum atomic E-state index is -2.97. The number of piperazine rings is 1. The molecular formula is C25H27F2N7O2. The molecule has 1 aliphatic rings. The average molecular weight is 496 g/mol. The summed E-state index contributed by atoms with van der Waals surface area (Å²) in [5.74, 6) is 0.661. The molecule has 0 radical (unpaired) electrons. The first kappa shape index (κ1) is 23.9. The first-order valence-electron chi connectivity index (χ1n) is 11.7. The molecule has 1 aromatic carbocycles. The van der Waals surface area contributed by atoms with Gasteiger partial charge in [-0.1, -0.05) is 6.07 Å². The second-order valence-corrected chi connectivity index (χ2v) is 8.97. The van der Waals surface area contributed by atoms with Crippen molar-refractivity contribution < 1.29 is 13.5 Å². The van der Waals surface area contributed by atoms with Crippen molar-refractivity contribution in [3.8, 4) is 16.9 Å². The number of pyridine rings is 1. The van der Waals surface area contributed by atoms with Gasteiger partial charge in [0.05, 0.1) is 17.4 Å². The molecule has 0 saturated carbocycles. The second kappa shape index (κ2) is 9.65. The maximum absolute atomic E-state index is 13.0. The Balaban J connectivity index is 1.50. The van der Waals surface area contributed by atoms with Gasteiger partial charge in [-0.15, -0.1) is 0 Å². The number of nitrogens with one attached hydrogen (secondary N) is 1. The average Bonchev–Trinajstić information content (AvgIpc) is 3.10. The molecule has 188 valence electrons. The van der Waals surface area contributed by atoms with E-state index in [0.717, 1.165) is 30.8 Å². The highest BCUT2D eigenvalue weighted by atomic mass is 19.3. The number of aryl methyl sites for hydroxylation is 1. The minimum Gasteiger partial charge on any atom is -0.433 e. The van der Waals surface area contributed by atoms with Crippen molar-refractivity contribution in [2.75, 3.05) is 24.5 Å². The number of alkyl halides is 2. The molecule has 0 amide bonds. The Labute approximate surface area is 206 Å². The van der Waals surface area contributed by atoms with Crippen molar-refractivity contribution >= 4 is 16.9 Å². The van der Waals surface area contributed by atoms with E-state index in [4.69, 9.17) is 0 Å². The molecule has 9 nitrogen and oxygen atoms in total. The molecule has 5 rings (SSSR count). The van der Waals surface area contributed by atoms with E-state index in [9.17, 15) is 13.6 Å². The molecule has 4 heterocycles. The molecule has 1 saturated heterocycles. The molecule has 1 aliphatic heterocycles. The number of hydrogen-bond acceptors (Lipinski definition) is 7. The van der Waals surface area contributed by atoms with Crippen molar-refractivity contribution in [1.29, 1.82) is 0 Å². The van der Waals surface area contributed by atoms with Crippen LogP contribution in [0.1, 0.15) is 18.3 Å². The molecule has 1 unspecified atom stereocenters. The van der Waals surface area contributed by atoms with E-state index in [1.807, 2.05) is 12.1 Å². The first-order valence-corrected chi connectivity index (χ1v) is 11.7. The topological polar surface area (TPSA) is 90.1 Å². The van der Waals surface area contributed by atoms with Crippen molar-refractivity contribution in [1.82, 2.24) is 29.6 Å². The predicted molar refractivity (Wildman–Crippen MR) is 133 cm³/mol.